The van der Waals surface area contributed by atoms with Crippen LogP contribution in [0.25, 0.3) is 0 Å². The van der Waals surface area contributed by atoms with Crippen LogP contribution in [-0.2, 0) is 27.7 Å². The zero-order valence-electron chi connectivity index (χ0n) is 19.2. The molecule has 2 aromatic heterocycles. The summed E-state index contributed by atoms with van der Waals surface area (Å²) in [5.74, 6) is -0.270. The highest BCUT2D eigenvalue weighted by Gasteiger charge is 2.21. The normalized spacial score (nSPS) is 14.3. The van der Waals surface area contributed by atoms with Crippen molar-refractivity contribution in [3.05, 3.63) is 52.2 Å². The minimum atomic E-state index is -3.82. The SMILES string of the molecule is Cc1nnc(NS(=O)(=O)c2ccc(NC(=O)C(C)Sc3nc4c(cc3C#N)CCCCC4)cc2)s1. The fourth-order valence-corrected chi connectivity index (χ4v) is 6.37. The van der Waals surface area contributed by atoms with E-state index in [2.05, 4.69) is 26.3 Å². The third-order valence-electron chi connectivity index (χ3n) is 5.47. The summed E-state index contributed by atoms with van der Waals surface area (Å²) in [7, 11) is -3.82. The molecular formula is C23H24N6O3S3. The molecule has 0 saturated heterocycles. The Morgan fingerprint density at radius 1 is 1.17 bits per heavy atom. The van der Waals surface area contributed by atoms with Crippen molar-refractivity contribution in [1.29, 1.82) is 5.26 Å². The third kappa shape index (κ3) is 6.17. The molecule has 12 heteroatoms. The lowest BCUT2D eigenvalue weighted by Gasteiger charge is -2.14. The second-order valence-electron chi connectivity index (χ2n) is 8.12. The Hall–Kier alpha value is -3.01. The van der Waals surface area contributed by atoms with Crippen LogP contribution in [0.2, 0.25) is 0 Å². The average Bonchev–Trinajstić information content (AvgIpc) is 3.09. The Morgan fingerprint density at radius 3 is 2.60 bits per heavy atom. The molecular weight excluding hydrogens is 504 g/mol. The number of hydrogen-bond acceptors (Lipinski definition) is 9. The van der Waals surface area contributed by atoms with Gasteiger partial charge in [0.1, 0.15) is 16.1 Å². The standard InChI is InChI=1S/C23H24N6O3S3/c1-14(33-22-17(13-24)12-16-6-4-3-5-7-20(16)26-22)21(30)25-18-8-10-19(11-9-18)35(31,32)29-23-28-27-15(2)34-23/h8-12,14H,3-7H2,1-2H3,(H,25,30)(H,28,29). The van der Waals surface area contributed by atoms with E-state index in [0.29, 0.717) is 21.3 Å². The first-order valence-corrected chi connectivity index (χ1v) is 14.3. The van der Waals surface area contributed by atoms with Gasteiger partial charge in [0.25, 0.3) is 10.0 Å². The summed E-state index contributed by atoms with van der Waals surface area (Å²) in [5.41, 5.74) is 3.10. The van der Waals surface area contributed by atoms with Crippen molar-refractivity contribution < 1.29 is 13.2 Å². The first-order chi connectivity index (χ1) is 16.7. The maximum atomic E-state index is 12.8. The van der Waals surface area contributed by atoms with Crippen molar-refractivity contribution >= 4 is 49.8 Å². The van der Waals surface area contributed by atoms with E-state index in [1.54, 1.807) is 13.8 Å². The zero-order valence-corrected chi connectivity index (χ0v) is 21.7. The van der Waals surface area contributed by atoms with E-state index in [1.807, 2.05) is 6.07 Å². The van der Waals surface area contributed by atoms with Crippen LogP contribution in [0.1, 0.15) is 48.0 Å². The molecule has 4 rings (SSSR count). The minimum Gasteiger partial charge on any atom is -0.325 e. The van der Waals surface area contributed by atoms with Crippen molar-refractivity contribution in [3.63, 3.8) is 0 Å². The number of anilines is 2. The number of nitrogens with zero attached hydrogens (tertiary/aromatic N) is 4. The lowest BCUT2D eigenvalue weighted by Crippen LogP contribution is -2.23. The maximum Gasteiger partial charge on any atom is 0.263 e. The quantitative estimate of drug-likeness (QED) is 0.342. The van der Waals surface area contributed by atoms with E-state index in [1.165, 1.54) is 36.0 Å². The van der Waals surface area contributed by atoms with Crippen LogP contribution in [0.3, 0.4) is 0 Å². The number of benzene rings is 1. The van der Waals surface area contributed by atoms with E-state index in [0.717, 1.165) is 54.7 Å². The van der Waals surface area contributed by atoms with Crippen LogP contribution in [0.5, 0.6) is 0 Å². The molecule has 2 heterocycles. The molecule has 0 bridgehead atoms. The molecule has 1 aliphatic rings. The average molecular weight is 529 g/mol. The highest BCUT2D eigenvalue weighted by atomic mass is 32.2. The molecule has 1 amide bonds. The van der Waals surface area contributed by atoms with Gasteiger partial charge in [-0.3, -0.25) is 9.52 Å². The topological polar surface area (TPSA) is 138 Å². The van der Waals surface area contributed by atoms with Gasteiger partial charge in [0.05, 0.1) is 15.7 Å². The van der Waals surface area contributed by atoms with E-state index in [-0.39, 0.29) is 15.9 Å². The zero-order chi connectivity index (χ0) is 25.0. The fourth-order valence-electron chi connectivity index (χ4n) is 3.66. The maximum absolute atomic E-state index is 12.8. The molecule has 1 aromatic carbocycles. The summed E-state index contributed by atoms with van der Waals surface area (Å²) >= 11 is 2.39. The van der Waals surface area contributed by atoms with Crippen molar-refractivity contribution in [2.45, 2.75) is 61.1 Å². The molecule has 0 saturated carbocycles. The van der Waals surface area contributed by atoms with Gasteiger partial charge in [-0.15, -0.1) is 10.2 Å². The van der Waals surface area contributed by atoms with Crippen molar-refractivity contribution in [2.24, 2.45) is 0 Å². The van der Waals surface area contributed by atoms with Crippen LogP contribution in [0.4, 0.5) is 10.8 Å². The highest BCUT2D eigenvalue weighted by Crippen LogP contribution is 2.30. The third-order valence-corrected chi connectivity index (χ3v) is 8.81. The Morgan fingerprint density at radius 2 is 1.91 bits per heavy atom. The van der Waals surface area contributed by atoms with E-state index in [4.69, 9.17) is 4.98 Å². The van der Waals surface area contributed by atoms with Gasteiger partial charge in [-0.05, 0) is 75.4 Å². The van der Waals surface area contributed by atoms with Gasteiger partial charge in [0, 0.05) is 11.4 Å². The van der Waals surface area contributed by atoms with E-state index < -0.39 is 15.3 Å². The van der Waals surface area contributed by atoms with Crippen LogP contribution in [0, 0.1) is 18.3 Å². The number of fused-ring (bicyclic) bond motifs is 1. The number of hydrogen-bond donors (Lipinski definition) is 2. The largest absolute Gasteiger partial charge is 0.325 e. The first kappa shape index (κ1) is 25.1. The lowest BCUT2D eigenvalue weighted by molar-refractivity contribution is -0.115. The number of aryl methyl sites for hydroxylation is 3. The van der Waals surface area contributed by atoms with Gasteiger partial charge in [-0.1, -0.05) is 29.5 Å². The van der Waals surface area contributed by atoms with Crippen LogP contribution < -0.4 is 10.0 Å². The molecule has 0 spiro atoms. The van der Waals surface area contributed by atoms with Gasteiger partial charge in [0.2, 0.25) is 11.0 Å². The molecule has 0 fully saturated rings. The number of amides is 1. The molecule has 3 aromatic rings. The van der Waals surface area contributed by atoms with Gasteiger partial charge < -0.3 is 5.32 Å². The number of nitriles is 1. The second kappa shape index (κ2) is 10.7. The van der Waals surface area contributed by atoms with Crippen molar-refractivity contribution in [3.8, 4) is 6.07 Å². The van der Waals surface area contributed by atoms with Crippen LogP contribution >= 0.6 is 23.1 Å². The number of rotatable bonds is 7. The van der Waals surface area contributed by atoms with Crippen molar-refractivity contribution in [2.75, 3.05) is 10.0 Å². The van der Waals surface area contributed by atoms with Crippen LogP contribution in [-0.4, -0.2) is 34.8 Å². The minimum absolute atomic E-state index is 0.0404. The van der Waals surface area contributed by atoms with Crippen molar-refractivity contribution in [1.82, 2.24) is 15.2 Å². The molecule has 1 atom stereocenters. The molecule has 0 aliphatic heterocycles. The molecule has 1 aliphatic carbocycles. The number of pyridine rings is 1. The monoisotopic (exact) mass is 528 g/mol. The number of aromatic nitrogens is 3. The summed E-state index contributed by atoms with van der Waals surface area (Å²) in [5, 5.41) is 20.9. The summed E-state index contributed by atoms with van der Waals surface area (Å²) in [6.07, 6.45) is 5.14. The smallest absolute Gasteiger partial charge is 0.263 e. The fraction of sp³-hybridized carbons (Fsp3) is 0.348. The molecule has 9 nitrogen and oxygen atoms in total. The molecule has 0 radical (unpaired) electrons. The summed E-state index contributed by atoms with van der Waals surface area (Å²) in [6, 6.07) is 9.99. The summed E-state index contributed by atoms with van der Waals surface area (Å²) in [6.45, 7) is 3.48. The predicted octanol–water partition coefficient (Wildman–Crippen LogP) is 4.30. The van der Waals surface area contributed by atoms with E-state index >= 15 is 0 Å². The number of sulfonamides is 1. The lowest BCUT2D eigenvalue weighted by atomic mass is 10.1. The number of thioether (sulfide) groups is 1. The van der Waals surface area contributed by atoms with Gasteiger partial charge in [-0.25, -0.2) is 13.4 Å². The van der Waals surface area contributed by atoms with Gasteiger partial charge in [-0.2, -0.15) is 5.26 Å². The molecule has 182 valence electrons. The first-order valence-electron chi connectivity index (χ1n) is 11.1. The molecule has 2 N–H and O–H groups in total. The molecule has 1 unspecified atom stereocenters. The predicted molar refractivity (Wildman–Crippen MR) is 136 cm³/mol. The van der Waals surface area contributed by atoms with Gasteiger partial charge >= 0.3 is 0 Å². The molecule has 35 heavy (non-hydrogen) atoms. The summed E-state index contributed by atoms with van der Waals surface area (Å²) in [4.78, 5) is 17.6. The number of carbonyl (C=O) groups excluding carboxylic acids is 1. The Bertz CT molecular complexity index is 1380. The van der Waals surface area contributed by atoms with Crippen LogP contribution in [0.15, 0.2) is 40.3 Å². The Balaban J connectivity index is 1.42. The van der Waals surface area contributed by atoms with Gasteiger partial charge in [0.15, 0.2) is 0 Å². The Labute approximate surface area is 212 Å². The number of nitrogens with one attached hydrogen (secondary N) is 2. The second-order valence-corrected chi connectivity index (χ2v) is 12.3. The van der Waals surface area contributed by atoms with E-state index in [9.17, 15) is 18.5 Å². The highest BCUT2D eigenvalue weighted by molar-refractivity contribution is 8.00. The summed E-state index contributed by atoms with van der Waals surface area (Å²) < 4.78 is 27.5. The number of carbonyl (C=O) groups is 1. The Kier molecular flexibility index (Phi) is 7.69.